The summed E-state index contributed by atoms with van der Waals surface area (Å²) in [5.41, 5.74) is -0.610. The zero-order valence-corrected chi connectivity index (χ0v) is 21.8. The molecular weight excluding hydrogens is 531 g/mol. The Balaban J connectivity index is 1.29. The summed E-state index contributed by atoms with van der Waals surface area (Å²) in [5, 5.41) is 22.2. The van der Waals surface area contributed by atoms with Crippen LogP contribution in [0.1, 0.15) is 73.9 Å². The van der Waals surface area contributed by atoms with E-state index in [4.69, 9.17) is 9.73 Å². The summed E-state index contributed by atoms with van der Waals surface area (Å²) in [6.07, 6.45) is -0.652. The van der Waals surface area contributed by atoms with Gasteiger partial charge in [-0.15, -0.1) is 0 Å². The van der Waals surface area contributed by atoms with E-state index in [-0.39, 0.29) is 54.7 Å². The van der Waals surface area contributed by atoms with Gasteiger partial charge in [-0.3, -0.25) is 9.79 Å². The van der Waals surface area contributed by atoms with Crippen LogP contribution >= 0.6 is 0 Å². The smallest absolute Gasteiger partial charge is 0.423 e. The van der Waals surface area contributed by atoms with E-state index in [0.717, 1.165) is 37.8 Å². The fourth-order valence-corrected chi connectivity index (χ4v) is 5.66. The molecule has 2 atom stereocenters. The Labute approximate surface area is 228 Å². The molecule has 1 amide bonds. The Morgan fingerprint density at radius 3 is 2.58 bits per heavy atom. The van der Waals surface area contributed by atoms with Crippen molar-refractivity contribution in [2.75, 3.05) is 11.4 Å². The number of aliphatic imine (C=N–C) groups is 1. The van der Waals surface area contributed by atoms with E-state index in [9.17, 15) is 28.0 Å². The van der Waals surface area contributed by atoms with E-state index in [1.807, 2.05) is 11.8 Å². The second-order valence-electron chi connectivity index (χ2n) is 11.2. The maximum atomic E-state index is 15.1. The van der Waals surface area contributed by atoms with Crippen LogP contribution in [0.3, 0.4) is 0 Å². The highest BCUT2D eigenvalue weighted by atomic mass is 19.4. The molecule has 3 fully saturated rings. The second-order valence-corrected chi connectivity index (χ2v) is 11.2. The summed E-state index contributed by atoms with van der Waals surface area (Å²) in [6, 6.07) is 4.57. The Morgan fingerprint density at radius 1 is 1.20 bits per heavy atom. The lowest BCUT2D eigenvalue weighted by Gasteiger charge is -2.43. The highest BCUT2D eigenvalue weighted by molar-refractivity contribution is 6.58. The quantitative estimate of drug-likeness (QED) is 0.356. The molecule has 1 aromatic heterocycles. The van der Waals surface area contributed by atoms with Crippen LogP contribution in [-0.2, 0) is 22.3 Å². The van der Waals surface area contributed by atoms with Crippen molar-refractivity contribution in [1.29, 1.82) is 0 Å². The minimum absolute atomic E-state index is 0.0106. The molecule has 3 heterocycles. The summed E-state index contributed by atoms with van der Waals surface area (Å²) in [6.45, 7) is 2.23. The first-order chi connectivity index (χ1) is 18.9. The molecular formula is C27H29BF4N4O4. The number of anilines is 1. The van der Waals surface area contributed by atoms with Gasteiger partial charge in [-0.1, -0.05) is 0 Å². The first-order valence-electron chi connectivity index (χ1n) is 13.5. The van der Waals surface area contributed by atoms with Crippen LogP contribution in [0.5, 0.6) is 0 Å². The normalized spacial score (nSPS) is 24.9. The van der Waals surface area contributed by atoms with Crippen LogP contribution in [0.15, 0.2) is 29.3 Å². The van der Waals surface area contributed by atoms with E-state index in [1.54, 1.807) is 0 Å². The van der Waals surface area contributed by atoms with Gasteiger partial charge in [-0.2, -0.15) is 13.2 Å². The number of rotatable bonds is 7. The van der Waals surface area contributed by atoms with E-state index in [1.165, 1.54) is 12.1 Å². The standard InChI is InChI=1S/C27H29BF4N4O4/c1-14-12-26(8-9-36(14)21-11-16(28(38)39)10-20(29)19(21)13-40-17-4-5-17)25(37)34-24(35-26)18-6-7-22(27(30,31)32)33-23(18)15-2-3-15/h6-7,10-11,14-15,17,38-39H,2-5,8-9,12-13H2,1H3,(H,34,35,37)/t14-,26+/m0/s1. The maximum Gasteiger partial charge on any atom is 0.488 e. The van der Waals surface area contributed by atoms with E-state index in [2.05, 4.69) is 10.3 Å². The van der Waals surface area contributed by atoms with E-state index < -0.39 is 30.3 Å². The van der Waals surface area contributed by atoms with Crippen LogP contribution < -0.4 is 15.7 Å². The summed E-state index contributed by atoms with van der Waals surface area (Å²) in [7, 11) is -1.86. The zero-order valence-electron chi connectivity index (χ0n) is 21.8. The van der Waals surface area contributed by atoms with Gasteiger partial charge in [0.1, 0.15) is 22.9 Å². The molecule has 0 unspecified atom stereocenters. The molecule has 2 aromatic rings. The number of hydrogen-bond acceptors (Lipinski definition) is 7. The van der Waals surface area contributed by atoms with Crippen molar-refractivity contribution in [2.24, 2.45) is 4.99 Å². The molecule has 3 N–H and O–H groups in total. The largest absolute Gasteiger partial charge is 0.488 e. The number of halogens is 4. The number of ether oxygens (including phenoxy) is 1. The first kappa shape index (κ1) is 27.2. The zero-order chi connectivity index (χ0) is 28.4. The van der Waals surface area contributed by atoms with Crippen molar-refractivity contribution in [2.45, 2.75) is 81.8 Å². The van der Waals surface area contributed by atoms with Gasteiger partial charge >= 0.3 is 13.3 Å². The molecule has 1 saturated heterocycles. The number of amides is 1. The highest BCUT2D eigenvalue weighted by Crippen LogP contribution is 2.44. The number of carbonyl (C=O) groups excluding carboxylic acids is 1. The third-order valence-corrected chi connectivity index (χ3v) is 8.14. The van der Waals surface area contributed by atoms with E-state index in [0.29, 0.717) is 29.1 Å². The predicted molar refractivity (Wildman–Crippen MR) is 139 cm³/mol. The van der Waals surface area contributed by atoms with Gasteiger partial charge in [-0.25, -0.2) is 9.37 Å². The second kappa shape index (κ2) is 9.81. The molecule has 2 aliphatic heterocycles. The lowest BCUT2D eigenvalue weighted by molar-refractivity contribution is -0.141. The van der Waals surface area contributed by atoms with Crippen molar-refractivity contribution in [3.8, 4) is 0 Å². The van der Waals surface area contributed by atoms with Gasteiger partial charge in [0.2, 0.25) is 0 Å². The minimum atomic E-state index is -4.57. The average Bonchev–Trinajstić information content (AvgIpc) is 3.82. The summed E-state index contributed by atoms with van der Waals surface area (Å²) >= 11 is 0. The molecule has 2 aliphatic carbocycles. The number of nitrogens with one attached hydrogen (secondary N) is 1. The molecule has 4 aliphatic rings. The summed E-state index contributed by atoms with van der Waals surface area (Å²) in [4.78, 5) is 23.9. The predicted octanol–water partition coefficient (Wildman–Crippen LogP) is 2.78. The number of hydrogen-bond donors (Lipinski definition) is 3. The van der Waals surface area contributed by atoms with Gasteiger partial charge in [0, 0.05) is 41.7 Å². The number of piperidine rings is 1. The molecule has 8 nitrogen and oxygen atoms in total. The van der Waals surface area contributed by atoms with Crippen molar-refractivity contribution < 1.29 is 37.1 Å². The minimum Gasteiger partial charge on any atom is -0.423 e. The van der Waals surface area contributed by atoms with Crippen LogP contribution in [0, 0.1) is 5.82 Å². The number of alkyl halides is 3. The van der Waals surface area contributed by atoms with Crippen molar-refractivity contribution in [1.82, 2.24) is 10.3 Å². The van der Waals surface area contributed by atoms with Gasteiger partial charge in [0.15, 0.2) is 0 Å². The fraction of sp³-hybridized carbons (Fsp3) is 0.519. The molecule has 0 bridgehead atoms. The number of carbonyl (C=O) groups is 1. The van der Waals surface area contributed by atoms with Crippen molar-refractivity contribution in [3.05, 3.63) is 52.6 Å². The molecule has 1 aromatic carbocycles. The number of pyridine rings is 1. The lowest BCUT2D eigenvalue weighted by atomic mass is 9.78. The van der Waals surface area contributed by atoms with Crippen LogP contribution in [0.25, 0.3) is 0 Å². The third-order valence-electron chi connectivity index (χ3n) is 8.14. The first-order valence-corrected chi connectivity index (χ1v) is 13.5. The van der Waals surface area contributed by atoms with Crippen LogP contribution in [0.4, 0.5) is 23.2 Å². The Kier molecular flexibility index (Phi) is 6.66. The Bertz CT molecular complexity index is 1380. The van der Waals surface area contributed by atoms with Gasteiger partial charge in [0.05, 0.1) is 18.4 Å². The third kappa shape index (κ3) is 5.10. The van der Waals surface area contributed by atoms with Gasteiger partial charge in [0.25, 0.3) is 5.91 Å². The maximum absolute atomic E-state index is 15.1. The van der Waals surface area contributed by atoms with Crippen molar-refractivity contribution in [3.63, 3.8) is 0 Å². The fourth-order valence-electron chi connectivity index (χ4n) is 5.66. The van der Waals surface area contributed by atoms with Gasteiger partial charge in [-0.05, 0) is 68.8 Å². The SMILES string of the molecule is C[C@H]1C[C@@]2(CCN1c1cc(B(O)O)cc(F)c1COC1CC1)N=C(c1ccc(C(F)(F)F)nc1C1CC1)NC2=O. The summed E-state index contributed by atoms with van der Waals surface area (Å²) in [5.74, 6) is -0.813. The number of aromatic nitrogens is 1. The Morgan fingerprint density at radius 2 is 1.95 bits per heavy atom. The lowest BCUT2D eigenvalue weighted by Crippen LogP contribution is -2.53. The molecule has 40 heavy (non-hydrogen) atoms. The molecule has 212 valence electrons. The molecule has 13 heteroatoms. The number of amidine groups is 1. The monoisotopic (exact) mass is 560 g/mol. The van der Waals surface area contributed by atoms with Gasteiger partial charge < -0.3 is 25.0 Å². The molecule has 2 saturated carbocycles. The van der Waals surface area contributed by atoms with E-state index >= 15 is 4.39 Å². The van der Waals surface area contributed by atoms with Crippen LogP contribution in [-0.4, -0.2) is 58.1 Å². The van der Waals surface area contributed by atoms with Crippen LogP contribution in [0.2, 0.25) is 0 Å². The molecule has 1 spiro atoms. The molecule has 6 rings (SSSR count). The number of nitrogens with zero attached hydrogens (tertiary/aromatic N) is 3. The highest BCUT2D eigenvalue weighted by Gasteiger charge is 2.49. The topological polar surface area (TPSA) is 107 Å². The Hall–Kier alpha value is -3.03. The average molecular weight is 560 g/mol. The number of benzene rings is 1. The summed E-state index contributed by atoms with van der Waals surface area (Å²) < 4.78 is 60.9. The van der Waals surface area contributed by atoms with Crippen molar-refractivity contribution >= 4 is 30.0 Å². The molecule has 0 radical (unpaired) electrons.